The van der Waals surface area contributed by atoms with Gasteiger partial charge in [-0.15, -0.1) is 0 Å². The zero-order chi connectivity index (χ0) is 19.5. The molecule has 28 heavy (non-hydrogen) atoms. The summed E-state index contributed by atoms with van der Waals surface area (Å²) in [6, 6.07) is 3.91. The van der Waals surface area contributed by atoms with Crippen LogP contribution in [0.2, 0.25) is 0 Å². The Morgan fingerprint density at radius 2 is 2.00 bits per heavy atom. The van der Waals surface area contributed by atoms with Gasteiger partial charge in [0.15, 0.2) is 17.3 Å². The smallest absolute Gasteiger partial charge is 0.158 e. The molecular formula is C18H18N8O2. The van der Waals surface area contributed by atoms with E-state index < -0.39 is 0 Å². The summed E-state index contributed by atoms with van der Waals surface area (Å²) in [5, 5.41) is 19.1. The van der Waals surface area contributed by atoms with Crippen molar-refractivity contribution in [3.05, 3.63) is 36.5 Å². The molecule has 0 bridgehead atoms. The molecule has 4 rings (SSSR count). The summed E-state index contributed by atoms with van der Waals surface area (Å²) in [5.74, 6) is 2.17. The van der Waals surface area contributed by atoms with E-state index >= 15 is 0 Å². The summed E-state index contributed by atoms with van der Waals surface area (Å²) < 4.78 is 11.5. The predicted molar refractivity (Wildman–Crippen MR) is 100 cm³/mol. The van der Waals surface area contributed by atoms with Crippen molar-refractivity contribution in [2.75, 3.05) is 12.4 Å². The van der Waals surface area contributed by atoms with E-state index in [-0.39, 0.29) is 17.8 Å². The second-order valence-corrected chi connectivity index (χ2v) is 6.38. The number of methoxy groups -OCH3 is 1. The summed E-state index contributed by atoms with van der Waals surface area (Å²) in [6.45, 7) is 0. The van der Waals surface area contributed by atoms with Crippen molar-refractivity contribution in [2.24, 2.45) is 5.73 Å². The number of nitrogens with one attached hydrogen (secondary N) is 2. The third-order valence-electron chi connectivity index (χ3n) is 4.39. The normalized spacial score (nSPS) is 18.0. The number of pyridine rings is 1. The maximum absolute atomic E-state index is 8.80. The number of aromatic nitrogens is 5. The van der Waals surface area contributed by atoms with Crippen LogP contribution in [0.4, 0.5) is 11.6 Å². The van der Waals surface area contributed by atoms with E-state index in [1.165, 1.54) is 12.4 Å². The third kappa shape index (κ3) is 3.56. The Morgan fingerprint density at radius 3 is 2.68 bits per heavy atom. The molecule has 0 radical (unpaired) electrons. The van der Waals surface area contributed by atoms with E-state index in [0.717, 1.165) is 18.4 Å². The third-order valence-corrected chi connectivity index (χ3v) is 4.39. The molecule has 1 saturated carbocycles. The molecule has 0 saturated heterocycles. The van der Waals surface area contributed by atoms with Gasteiger partial charge in [0.05, 0.1) is 43.2 Å². The number of nitrogens with two attached hydrogens (primary N) is 1. The molecular weight excluding hydrogens is 360 g/mol. The number of nitrogens with zero attached hydrogens (tertiary/aromatic N) is 5. The number of H-pyrrole nitrogens is 1. The predicted octanol–water partition coefficient (Wildman–Crippen LogP) is 1.75. The molecule has 10 nitrogen and oxygen atoms in total. The van der Waals surface area contributed by atoms with E-state index in [2.05, 4.69) is 30.5 Å². The molecule has 1 fully saturated rings. The first-order valence-electron chi connectivity index (χ1n) is 8.65. The van der Waals surface area contributed by atoms with Gasteiger partial charge in [-0.3, -0.25) is 10.1 Å². The van der Waals surface area contributed by atoms with Crippen LogP contribution in [0.5, 0.6) is 11.5 Å². The quantitative estimate of drug-likeness (QED) is 0.583. The Bertz CT molecular complexity index is 1010. The molecule has 4 N–H and O–H groups in total. The lowest BCUT2D eigenvalue weighted by molar-refractivity contribution is 0.101. The van der Waals surface area contributed by atoms with Gasteiger partial charge in [-0.2, -0.15) is 10.4 Å². The van der Waals surface area contributed by atoms with Crippen molar-refractivity contribution in [1.29, 1.82) is 5.26 Å². The highest BCUT2D eigenvalue weighted by Gasteiger charge is 2.29. The van der Waals surface area contributed by atoms with Gasteiger partial charge in [-0.1, -0.05) is 0 Å². The largest absolute Gasteiger partial charge is 0.494 e. The number of hydrogen-bond acceptors (Lipinski definition) is 9. The van der Waals surface area contributed by atoms with Crippen LogP contribution in [0.3, 0.4) is 0 Å². The van der Waals surface area contributed by atoms with Crippen molar-refractivity contribution in [3.63, 3.8) is 0 Å². The maximum atomic E-state index is 8.80. The number of anilines is 2. The fourth-order valence-electron chi connectivity index (χ4n) is 2.91. The number of nitriles is 1. The molecule has 0 aliphatic heterocycles. The molecule has 10 heteroatoms. The zero-order valence-corrected chi connectivity index (χ0v) is 15.1. The number of aromatic amines is 1. The van der Waals surface area contributed by atoms with Crippen LogP contribution in [0, 0.1) is 11.3 Å². The standard InChI is InChI=1S/C18H18N8O2/c1-27-14-7-21-8-15(28-12-2-10(20)3-12)18(14)13-4-16(26-25-13)24-17-9-22-11(5-19)6-23-17/h4,6-10,12H,2-3,20H2,1H3,(H2,23,24,25,26). The summed E-state index contributed by atoms with van der Waals surface area (Å²) >= 11 is 0. The van der Waals surface area contributed by atoms with Gasteiger partial charge in [0, 0.05) is 12.1 Å². The fourth-order valence-corrected chi connectivity index (χ4v) is 2.91. The van der Waals surface area contributed by atoms with Crippen molar-refractivity contribution < 1.29 is 9.47 Å². The maximum Gasteiger partial charge on any atom is 0.158 e. The van der Waals surface area contributed by atoms with Gasteiger partial charge in [-0.25, -0.2) is 9.97 Å². The summed E-state index contributed by atoms with van der Waals surface area (Å²) in [6.07, 6.45) is 7.81. The highest BCUT2D eigenvalue weighted by molar-refractivity contribution is 5.75. The minimum absolute atomic E-state index is 0.0668. The molecule has 1 aliphatic carbocycles. The molecule has 0 spiro atoms. The SMILES string of the molecule is COc1cncc(OC2CC(N)C2)c1-c1cc(Nc2cnc(C#N)cn2)n[nH]1. The first-order chi connectivity index (χ1) is 13.7. The highest BCUT2D eigenvalue weighted by Crippen LogP contribution is 2.39. The Kier molecular flexibility index (Phi) is 4.74. The van der Waals surface area contributed by atoms with E-state index in [9.17, 15) is 0 Å². The van der Waals surface area contributed by atoms with Crippen LogP contribution in [0.25, 0.3) is 11.3 Å². The molecule has 0 amide bonds. The Morgan fingerprint density at radius 1 is 1.18 bits per heavy atom. The summed E-state index contributed by atoms with van der Waals surface area (Å²) in [5.41, 5.74) is 7.51. The van der Waals surface area contributed by atoms with E-state index in [4.69, 9.17) is 20.5 Å². The molecule has 0 atom stereocenters. The second-order valence-electron chi connectivity index (χ2n) is 6.38. The first-order valence-corrected chi connectivity index (χ1v) is 8.65. The molecule has 0 aromatic carbocycles. The van der Waals surface area contributed by atoms with Crippen molar-refractivity contribution >= 4 is 11.6 Å². The fraction of sp³-hybridized carbons (Fsp3) is 0.278. The number of ether oxygens (including phenoxy) is 2. The summed E-state index contributed by atoms with van der Waals surface area (Å²) in [4.78, 5) is 12.3. The monoisotopic (exact) mass is 378 g/mol. The lowest BCUT2D eigenvalue weighted by atomic mass is 9.90. The average molecular weight is 378 g/mol. The van der Waals surface area contributed by atoms with E-state index in [0.29, 0.717) is 28.8 Å². The van der Waals surface area contributed by atoms with Gasteiger partial charge in [0.2, 0.25) is 0 Å². The lowest BCUT2D eigenvalue weighted by Gasteiger charge is -2.33. The summed E-state index contributed by atoms with van der Waals surface area (Å²) in [7, 11) is 1.57. The highest BCUT2D eigenvalue weighted by atomic mass is 16.5. The van der Waals surface area contributed by atoms with Crippen molar-refractivity contribution in [1.82, 2.24) is 25.1 Å². The van der Waals surface area contributed by atoms with Crippen molar-refractivity contribution in [2.45, 2.75) is 25.0 Å². The topological polar surface area (TPSA) is 148 Å². The molecule has 3 aromatic rings. The van der Waals surface area contributed by atoms with Gasteiger partial charge in [0.1, 0.15) is 23.7 Å². The van der Waals surface area contributed by atoms with Crippen LogP contribution >= 0.6 is 0 Å². The van der Waals surface area contributed by atoms with Crippen molar-refractivity contribution in [3.8, 4) is 28.8 Å². The van der Waals surface area contributed by atoms with Gasteiger partial charge in [0.25, 0.3) is 0 Å². The molecule has 3 heterocycles. The molecule has 1 aliphatic rings. The van der Waals surface area contributed by atoms with Crippen LogP contribution in [-0.2, 0) is 0 Å². The Labute approximate surface area is 160 Å². The van der Waals surface area contributed by atoms with Gasteiger partial charge in [-0.05, 0) is 12.8 Å². The zero-order valence-electron chi connectivity index (χ0n) is 15.1. The van der Waals surface area contributed by atoms with Gasteiger partial charge >= 0.3 is 0 Å². The average Bonchev–Trinajstić information content (AvgIpc) is 3.15. The molecule has 0 unspecified atom stereocenters. The van der Waals surface area contributed by atoms with Gasteiger partial charge < -0.3 is 20.5 Å². The minimum atomic E-state index is 0.0668. The second kappa shape index (κ2) is 7.50. The Balaban J connectivity index is 1.59. The van der Waals surface area contributed by atoms with E-state index in [1.807, 2.05) is 6.07 Å². The van der Waals surface area contributed by atoms with Crippen LogP contribution in [0.1, 0.15) is 18.5 Å². The van der Waals surface area contributed by atoms with E-state index in [1.54, 1.807) is 25.6 Å². The number of rotatable bonds is 6. The lowest BCUT2D eigenvalue weighted by Crippen LogP contribution is -2.43. The molecule has 142 valence electrons. The Hall–Kier alpha value is -3.71. The van der Waals surface area contributed by atoms with Crippen LogP contribution in [-0.4, -0.2) is 44.4 Å². The van der Waals surface area contributed by atoms with Crippen LogP contribution in [0.15, 0.2) is 30.9 Å². The van der Waals surface area contributed by atoms with Crippen LogP contribution < -0.4 is 20.5 Å². The minimum Gasteiger partial charge on any atom is -0.494 e. The number of hydrogen-bond donors (Lipinski definition) is 3. The molecule has 3 aromatic heterocycles. The first kappa shape index (κ1) is 17.7.